The molecule has 0 spiro atoms. The number of nitrogens with two attached hydrogens (primary N) is 1. The summed E-state index contributed by atoms with van der Waals surface area (Å²) in [6.07, 6.45) is 1.45. The summed E-state index contributed by atoms with van der Waals surface area (Å²) in [6, 6.07) is 5.95. The van der Waals surface area contributed by atoms with E-state index in [1.807, 2.05) is 0 Å². The Balaban J connectivity index is 2.63. The first-order valence-electron chi connectivity index (χ1n) is 4.69. The Morgan fingerprint density at radius 2 is 2.12 bits per heavy atom. The van der Waals surface area contributed by atoms with Crippen molar-refractivity contribution in [3.63, 3.8) is 0 Å². The predicted molar refractivity (Wildman–Crippen MR) is 57.8 cm³/mol. The quantitative estimate of drug-likeness (QED) is 0.799. The smallest absolute Gasteiger partial charge is 0.164 e. The van der Waals surface area contributed by atoms with Crippen LogP contribution in [0.15, 0.2) is 30.5 Å². The fraction of sp³-hybridized carbons (Fsp3) is 0.0909. The van der Waals surface area contributed by atoms with Gasteiger partial charge in [0.2, 0.25) is 0 Å². The lowest BCUT2D eigenvalue weighted by atomic mass is 10.1. The minimum atomic E-state index is -0.475. The SMILES string of the molecule is Nc1ccnc(-c2c(F)cccc2CO)n1. The van der Waals surface area contributed by atoms with Gasteiger partial charge in [0.25, 0.3) is 0 Å². The Hall–Kier alpha value is -2.01. The van der Waals surface area contributed by atoms with Crippen LogP contribution >= 0.6 is 0 Å². The largest absolute Gasteiger partial charge is 0.392 e. The van der Waals surface area contributed by atoms with E-state index in [0.29, 0.717) is 5.56 Å². The molecule has 82 valence electrons. The van der Waals surface area contributed by atoms with Crippen molar-refractivity contribution >= 4 is 5.82 Å². The molecular formula is C11H10FN3O. The maximum atomic E-state index is 13.6. The van der Waals surface area contributed by atoms with E-state index in [9.17, 15) is 4.39 Å². The summed E-state index contributed by atoms with van der Waals surface area (Å²) >= 11 is 0. The van der Waals surface area contributed by atoms with Crippen LogP contribution in [0, 0.1) is 5.82 Å². The van der Waals surface area contributed by atoms with Gasteiger partial charge in [0.05, 0.1) is 12.2 Å². The molecule has 2 aromatic rings. The molecule has 0 saturated heterocycles. The summed E-state index contributed by atoms with van der Waals surface area (Å²) in [5, 5.41) is 9.12. The van der Waals surface area contributed by atoms with Gasteiger partial charge in [0.1, 0.15) is 11.6 Å². The van der Waals surface area contributed by atoms with E-state index in [-0.39, 0.29) is 23.8 Å². The van der Waals surface area contributed by atoms with Crippen LogP contribution in [0.5, 0.6) is 0 Å². The molecule has 2 rings (SSSR count). The highest BCUT2D eigenvalue weighted by Gasteiger charge is 2.12. The molecule has 0 radical (unpaired) electrons. The average Bonchev–Trinajstić information content (AvgIpc) is 2.28. The van der Waals surface area contributed by atoms with Crippen molar-refractivity contribution in [3.8, 4) is 11.4 Å². The highest BCUT2D eigenvalue weighted by Crippen LogP contribution is 2.24. The summed E-state index contributed by atoms with van der Waals surface area (Å²) in [5.74, 6) is -0.0311. The van der Waals surface area contributed by atoms with Gasteiger partial charge < -0.3 is 10.8 Å². The molecule has 16 heavy (non-hydrogen) atoms. The molecule has 0 unspecified atom stereocenters. The van der Waals surface area contributed by atoms with Gasteiger partial charge >= 0.3 is 0 Å². The van der Waals surface area contributed by atoms with Crippen molar-refractivity contribution in [2.24, 2.45) is 0 Å². The summed E-state index contributed by atoms with van der Waals surface area (Å²) in [5.41, 5.74) is 6.13. The first kappa shape index (κ1) is 10.5. The highest BCUT2D eigenvalue weighted by atomic mass is 19.1. The number of aliphatic hydroxyl groups excluding tert-OH is 1. The number of hydrogen-bond acceptors (Lipinski definition) is 4. The molecule has 1 aromatic heterocycles. The number of benzene rings is 1. The minimum Gasteiger partial charge on any atom is -0.392 e. The van der Waals surface area contributed by atoms with Gasteiger partial charge in [0.15, 0.2) is 5.82 Å². The molecule has 0 amide bonds. The fourth-order valence-electron chi connectivity index (χ4n) is 1.44. The third-order valence-electron chi connectivity index (χ3n) is 2.17. The lowest BCUT2D eigenvalue weighted by molar-refractivity contribution is 0.282. The molecule has 1 aromatic carbocycles. The van der Waals surface area contributed by atoms with E-state index >= 15 is 0 Å². The third kappa shape index (κ3) is 1.85. The minimum absolute atomic E-state index is 0.183. The maximum Gasteiger partial charge on any atom is 0.164 e. The van der Waals surface area contributed by atoms with E-state index in [1.54, 1.807) is 6.07 Å². The molecule has 0 aliphatic heterocycles. The topological polar surface area (TPSA) is 72.0 Å². The van der Waals surface area contributed by atoms with Gasteiger partial charge in [-0.15, -0.1) is 0 Å². The molecule has 0 saturated carbocycles. The van der Waals surface area contributed by atoms with Gasteiger partial charge in [-0.3, -0.25) is 0 Å². The number of nitrogens with zero attached hydrogens (tertiary/aromatic N) is 2. The van der Waals surface area contributed by atoms with Crippen molar-refractivity contribution < 1.29 is 9.50 Å². The number of aliphatic hydroxyl groups is 1. The number of hydrogen-bond donors (Lipinski definition) is 2. The van der Waals surface area contributed by atoms with Crippen LogP contribution in [0.25, 0.3) is 11.4 Å². The number of nitrogen functional groups attached to an aromatic ring is 1. The second-order valence-electron chi connectivity index (χ2n) is 3.24. The third-order valence-corrected chi connectivity index (χ3v) is 2.17. The molecule has 0 bridgehead atoms. The number of anilines is 1. The normalized spacial score (nSPS) is 10.4. The number of rotatable bonds is 2. The van der Waals surface area contributed by atoms with Gasteiger partial charge in [-0.2, -0.15) is 0 Å². The van der Waals surface area contributed by atoms with Crippen LogP contribution < -0.4 is 5.73 Å². The monoisotopic (exact) mass is 219 g/mol. The van der Waals surface area contributed by atoms with E-state index in [4.69, 9.17) is 10.8 Å². The molecule has 0 aliphatic carbocycles. The highest BCUT2D eigenvalue weighted by molar-refractivity contribution is 5.61. The molecular weight excluding hydrogens is 209 g/mol. The van der Waals surface area contributed by atoms with Crippen LogP contribution in [0.4, 0.5) is 10.2 Å². The Bertz CT molecular complexity index is 516. The number of aromatic nitrogens is 2. The Morgan fingerprint density at radius 1 is 1.31 bits per heavy atom. The Kier molecular flexibility index (Phi) is 2.78. The molecule has 0 aliphatic rings. The van der Waals surface area contributed by atoms with Gasteiger partial charge in [-0.1, -0.05) is 12.1 Å². The zero-order valence-corrected chi connectivity index (χ0v) is 8.39. The van der Waals surface area contributed by atoms with E-state index in [2.05, 4.69) is 9.97 Å². The zero-order chi connectivity index (χ0) is 11.5. The molecule has 1 heterocycles. The predicted octanol–water partition coefficient (Wildman–Crippen LogP) is 1.36. The first-order chi connectivity index (χ1) is 7.72. The van der Waals surface area contributed by atoms with Crippen molar-refractivity contribution in [3.05, 3.63) is 41.8 Å². The van der Waals surface area contributed by atoms with Crippen molar-refractivity contribution in [1.82, 2.24) is 9.97 Å². The van der Waals surface area contributed by atoms with Crippen LogP contribution in [-0.4, -0.2) is 15.1 Å². The van der Waals surface area contributed by atoms with E-state index in [0.717, 1.165) is 0 Å². The lowest BCUT2D eigenvalue weighted by Gasteiger charge is -2.07. The van der Waals surface area contributed by atoms with Gasteiger partial charge in [0, 0.05) is 6.20 Å². The molecule has 3 N–H and O–H groups in total. The molecule has 0 fully saturated rings. The summed E-state index contributed by atoms with van der Waals surface area (Å²) < 4.78 is 13.6. The Morgan fingerprint density at radius 3 is 2.81 bits per heavy atom. The number of halogens is 1. The molecule has 0 atom stereocenters. The van der Waals surface area contributed by atoms with E-state index < -0.39 is 5.82 Å². The van der Waals surface area contributed by atoms with Gasteiger partial charge in [-0.05, 0) is 17.7 Å². The van der Waals surface area contributed by atoms with Gasteiger partial charge in [-0.25, -0.2) is 14.4 Å². The standard InChI is InChI=1S/C11H10FN3O/c12-8-3-1-2-7(6-16)10(8)11-14-5-4-9(13)15-11/h1-5,16H,6H2,(H2,13,14,15). The maximum absolute atomic E-state index is 13.6. The van der Waals surface area contributed by atoms with Crippen molar-refractivity contribution in [2.45, 2.75) is 6.61 Å². The summed E-state index contributed by atoms with van der Waals surface area (Å²) in [6.45, 7) is -0.273. The summed E-state index contributed by atoms with van der Waals surface area (Å²) in [4.78, 5) is 7.87. The van der Waals surface area contributed by atoms with Crippen LogP contribution in [-0.2, 0) is 6.61 Å². The average molecular weight is 219 g/mol. The van der Waals surface area contributed by atoms with E-state index in [1.165, 1.54) is 24.4 Å². The van der Waals surface area contributed by atoms with Crippen LogP contribution in [0.3, 0.4) is 0 Å². The first-order valence-corrected chi connectivity index (χ1v) is 4.69. The Labute approximate surface area is 91.6 Å². The van der Waals surface area contributed by atoms with Crippen LogP contribution in [0.2, 0.25) is 0 Å². The summed E-state index contributed by atoms with van der Waals surface area (Å²) in [7, 11) is 0. The van der Waals surface area contributed by atoms with Crippen LogP contribution in [0.1, 0.15) is 5.56 Å². The van der Waals surface area contributed by atoms with Crippen molar-refractivity contribution in [1.29, 1.82) is 0 Å². The second kappa shape index (κ2) is 4.24. The lowest BCUT2D eigenvalue weighted by Crippen LogP contribution is -2.00. The molecule has 4 nitrogen and oxygen atoms in total. The second-order valence-corrected chi connectivity index (χ2v) is 3.24. The zero-order valence-electron chi connectivity index (χ0n) is 8.39. The molecule has 5 heteroatoms. The van der Waals surface area contributed by atoms with Crippen molar-refractivity contribution in [2.75, 3.05) is 5.73 Å². The fourth-order valence-corrected chi connectivity index (χ4v) is 1.44.